The van der Waals surface area contributed by atoms with Crippen LogP contribution >= 0.6 is 23.2 Å². The van der Waals surface area contributed by atoms with E-state index in [1.165, 1.54) is 6.08 Å². The van der Waals surface area contributed by atoms with Gasteiger partial charge < -0.3 is 15.2 Å². The predicted octanol–water partition coefficient (Wildman–Crippen LogP) is 2.13. The number of ether oxygens (including phenoxy) is 1. The third-order valence-corrected chi connectivity index (χ3v) is 2.84. The molecule has 1 aromatic carbocycles. The van der Waals surface area contributed by atoms with Gasteiger partial charge in [-0.1, -0.05) is 29.3 Å². The first-order valence-corrected chi connectivity index (χ1v) is 6.49. The van der Waals surface area contributed by atoms with E-state index in [9.17, 15) is 4.79 Å². The van der Waals surface area contributed by atoms with Crippen LogP contribution in [0.2, 0.25) is 10.0 Å². The van der Waals surface area contributed by atoms with Gasteiger partial charge in [-0.3, -0.25) is 4.79 Å². The number of aliphatic hydroxyl groups excluding tert-OH is 1. The topological polar surface area (TPSA) is 58.6 Å². The molecule has 104 valence electrons. The normalized spacial score (nSPS) is 10.9. The molecule has 6 heteroatoms. The molecule has 0 saturated heterocycles. The van der Waals surface area contributed by atoms with Gasteiger partial charge in [-0.05, 0) is 18.2 Å². The van der Waals surface area contributed by atoms with Crippen LogP contribution in [0, 0.1) is 0 Å². The van der Waals surface area contributed by atoms with Gasteiger partial charge in [0.15, 0.2) is 0 Å². The molecule has 0 aromatic heterocycles. The highest BCUT2D eigenvalue weighted by atomic mass is 35.5. The van der Waals surface area contributed by atoms with Gasteiger partial charge in [0.2, 0.25) is 5.91 Å². The number of nitrogens with one attached hydrogen (secondary N) is 1. The van der Waals surface area contributed by atoms with Crippen molar-refractivity contribution in [1.82, 2.24) is 5.32 Å². The fourth-order valence-corrected chi connectivity index (χ4v) is 1.82. The summed E-state index contributed by atoms with van der Waals surface area (Å²) in [5, 5.41) is 12.1. The Morgan fingerprint density at radius 3 is 2.63 bits per heavy atom. The molecule has 0 heterocycles. The lowest BCUT2D eigenvalue weighted by molar-refractivity contribution is -0.116. The minimum absolute atomic E-state index is 0.0289. The standard InChI is InChI=1S/C13H15Cl2NO3/c14-11-2-1-3-12(15)10(11)4-5-13(18)16-6-8-19-9-7-17/h1-5,17H,6-9H2,(H,16,18)/b5-4+. The minimum atomic E-state index is -0.261. The summed E-state index contributed by atoms with van der Waals surface area (Å²) in [6.07, 6.45) is 2.92. The molecule has 0 spiro atoms. The molecule has 0 radical (unpaired) electrons. The van der Waals surface area contributed by atoms with Crippen molar-refractivity contribution in [2.45, 2.75) is 0 Å². The van der Waals surface area contributed by atoms with Gasteiger partial charge in [0, 0.05) is 28.2 Å². The van der Waals surface area contributed by atoms with E-state index in [-0.39, 0.29) is 19.1 Å². The molecule has 1 aromatic rings. The molecule has 0 aliphatic rings. The van der Waals surface area contributed by atoms with Gasteiger partial charge in [0.25, 0.3) is 0 Å². The molecule has 2 N–H and O–H groups in total. The highest BCUT2D eigenvalue weighted by molar-refractivity contribution is 6.37. The van der Waals surface area contributed by atoms with Gasteiger partial charge in [0.1, 0.15) is 0 Å². The van der Waals surface area contributed by atoms with Gasteiger partial charge >= 0.3 is 0 Å². The summed E-state index contributed by atoms with van der Waals surface area (Å²) in [5.41, 5.74) is 0.609. The zero-order chi connectivity index (χ0) is 14.1. The third kappa shape index (κ3) is 6.07. The second-order valence-corrected chi connectivity index (χ2v) is 4.41. The Kier molecular flexibility index (Phi) is 7.52. The Labute approximate surface area is 122 Å². The molecule has 0 aliphatic heterocycles. The Bertz CT molecular complexity index is 429. The van der Waals surface area contributed by atoms with Crippen LogP contribution in [0.3, 0.4) is 0 Å². The van der Waals surface area contributed by atoms with Crippen molar-refractivity contribution in [1.29, 1.82) is 0 Å². The van der Waals surface area contributed by atoms with Crippen LogP contribution in [-0.2, 0) is 9.53 Å². The van der Waals surface area contributed by atoms with E-state index in [2.05, 4.69) is 5.32 Å². The number of amides is 1. The molecule has 0 atom stereocenters. The van der Waals surface area contributed by atoms with Crippen LogP contribution in [0.5, 0.6) is 0 Å². The van der Waals surface area contributed by atoms with E-state index in [1.54, 1.807) is 24.3 Å². The second-order valence-electron chi connectivity index (χ2n) is 3.60. The summed E-state index contributed by atoms with van der Waals surface area (Å²) in [4.78, 5) is 11.5. The van der Waals surface area contributed by atoms with Crippen LogP contribution in [0.1, 0.15) is 5.56 Å². The van der Waals surface area contributed by atoms with E-state index in [0.29, 0.717) is 28.8 Å². The average Bonchev–Trinajstić information content (AvgIpc) is 2.38. The van der Waals surface area contributed by atoms with Crippen LogP contribution in [0.25, 0.3) is 6.08 Å². The maximum absolute atomic E-state index is 11.5. The van der Waals surface area contributed by atoms with Gasteiger partial charge in [-0.2, -0.15) is 0 Å². The first kappa shape index (κ1) is 16.0. The summed E-state index contributed by atoms with van der Waals surface area (Å²) >= 11 is 11.9. The van der Waals surface area contributed by atoms with Crippen molar-refractivity contribution in [3.05, 3.63) is 39.9 Å². The molecule has 1 amide bonds. The number of benzene rings is 1. The van der Waals surface area contributed by atoms with Gasteiger partial charge in [-0.15, -0.1) is 0 Å². The van der Waals surface area contributed by atoms with Crippen molar-refractivity contribution in [2.24, 2.45) is 0 Å². The number of halogens is 2. The van der Waals surface area contributed by atoms with Crippen molar-refractivity contribution >= 4 is 35.2 Å². The quantitative estimate of drug-likeness (QED) is 0.599. The summed E-state index contributed by atoms with van der Waals surface area (Å²) in [5.74, 6) is -0.261. The number of hydrogen-bond acceptors (Lipinski definition) is 3. The van der Waals surface area contributed by atoms with Gasteiger partial charge in [0.05, 0.1) is 19.8 Å². The summed E-state index contributed by atoms with van der Waals surface area (Å²) in [6.45, 7) is 0.964. The van der Waals surface area contributed by atoms with Crippen molar-refractivity contribution in [2.75, 3.05) is 26.4 Å². The maximum Gasteiger partial charge on any atom is 0.244 e. The van der Waals surface area contributed by atoms with Crippen LogP contribution < -0.4 is 5.32 Å². The average molecular weight is 304 g/mol. The van der Waals surface area contributed by atoms with Crippen molar-refractivity contribution in [3.63, 3.8) is 0 Å². The predicted molar refractivity (Wildman–Crippen MR) is 76.4 cm³/mol. The molecule has 4 nitrogen and oxygen atoms in total. The first-order chi connectivity index (χ1) is 9.15. The first-order valence-electron chi connectivity index (χ1n) is 5.73. The molecular weight excluding hydrogens is 289 g/mol. The maximum atomic E-state index is 11.5. The Morgan fingerprint density at radius 1 is 1.32 bits per heavy atom. The van der Waals surface area contributed by atoms with Crippen LogP contribution in [0.4, 0.5) is 0 Å². The summed E-state index contributed by atoms with van der Waals surface area (Å²) < 4.78 is 5.00. The van der Waals surface area contributed by atoms with E-state index in [0.717, 1.165) is 0 Å². The molecule has 0 aliphatic carbocycles. The minimum Gasteiger partial charge on any atom is -0.394 e. The second kappa shape index (κ2) is 8.93. The highest BCUT2D eigenvalue weighted by Gasteiger charge is 2.02. The number of aliphatic hydroxyl groups is 1. The zero-order valence-corrected chi connectivity index (χ0v) is 11.7. The fourth-order valence-electron chi connectivity index (χ4n) is 1.30. The molecule has 0 bridgehead atoms. The van der Waals surface area contributed by atoms with E-state index in [4.69, 9.17) is 33.0 Å². The largest absolute Gasteiger partial charge is 0.394 e. The molecule has 19 heavy (non-hydrogen) atoms. The summed E-state index contributed by atoms with van der Waals surface area (Å²) in [7, 11) is 0. The van der Waals surface area contributed by atoms with E-state index in [1.807, 2.05) is 0 Å². The number of carbonyl (C=O) groups is 1. The lowest BCUT2D eigenvalue weighted by atomic mass is 10.2. The monoisotopic (exact) mass is 303 g/mol. The Morgan fingerprint density at radius 2 is 2.00 bits per heavy atom. The zero-order valence-electron chi connectivity index (χ0n) is 10.2. The van der Waals surface area contributed by atoms with Crippen LogP contribution in [0.15, 0.2) is 24.3 Å². The Balaban J connectivity index is 2.41. The third-order valence-electron chi connectivity index (χ3n) is 2.18. The molecular formula is C13H15Cl2NO3. The van der Waals surface area contributed by atoms with Crippen LogP contribution in [-0.4, -0.2) is 37.4 Å². The lowest BCUT2D eigenvalue weighted by Crippen LogP contribution is -2.25. The number of hydrogen-bond donors (Lipinski definition) is 2. The van der Waals surface area contributed by atoms with Crippen molar-refractivity contribution < 1.29 is 14.6 Å². The lowest BCUT2D eigenvalue weighted by Gasteiger charge is -2.03. The number of carbonyl (C=O) groups excluding carboxylic acids is 1. The Hall–Kier alpha value is -1.07. The van der Waals surface area contributed by atoms with E-state index < -0.39 is 0 Å². The molecule has 0 fully saturated rings. The fraction of sp³-hybridized carbons (Fsp3) is 0.308. The number of rotatable bonds is 7. The SMILES string of the molecule is O=C(/C=C/c1c(Cl)cccc1Cl)NCCOCCO. The smallest absolute Gasteiger partial charge is 0.244 e. The highest BCUT2D eigenvalue weighted by Crippen LogP contribution is 2.25. The summed E-state index contributed by atoms with van der Waals surface area (Å²) in [6, 6.07) is 5.14. The molecule has 0 saturated carbocycles. The molecule has 1 rings (SSSR count). The molecule has 0 unspecified atom stereocenters. The van der Waals surface area contributed by atoms with Gasteiger partial charge in [-0.25, -0.2) is 0 Å². The van der Waals surface area contributed by atoms with E-state index >= 15 is 0 Å². The van der Waals surface area contributed by atoms with Crippen molar-refractivity contribution in [3.8, 4) is 0 Å².